The van der Waals surface area contributed by atoms with Crippen molar-refractivity contribution in [2.45, 2.75) is 13.5 Å². The molecular weight excluding hydrogens is 422 g/mol. The van der Waals surface area contributed by atoms with Crippen molar-refractivity contribution in [1.29, 1.82) is 5.26 Å². The number of nitrogens with zero attached hydrogens (tertiary/aromatic N) is 3. The van der Waals surface area contributed by atoms with E-state index in [4.69, 9.17) is 5.11 Å². The molecule has 2 aromatic carbocycles. The molecule has 0 aliphatic heterocycles. The Bertz CT molecular complexity index is 1120. The van der Waals surface area contributed by atoms with Gasteiger partial charge in [-0.15, -0.1) is 0 Å². The Balaban J connectivity index is 2.01. The maximum Gasteiger partial charge on any atom is 0.323 e. The lowest BCUT2D eigenvalue weighted by atomic mass is 10.1. The molecule has 3 rings (SSSR count). The van der Waals surface area contributed by atoms with E-state index in [0.717, 1.165) is 16.5 Å². The summed E-state index contributed by atoms with van der Waals surface area (Å²) >= 11 is 3.23. The van der Waals surface area contributed by atoms with Crippen LogP contribution in [0.5, 0.6) is 0 Å². The maximum absolute atomic E-state index is 12.8. The molecule has 0 fully saturated rings. The molecule has 1 aromatic heterocycles. The number of carbonyl (C=O) groups is 2. The number of aromatic nitrogens is 1. The van der Waals surface area contributed by atoms with E-state index in [1.165, 1.54) is 10.0 Å². The number of carboxylic acids is 1. The number of nitriles is 1. The number of anilines is 1. The fraction of sp³-hybridized carbons (Fsp3) is 0.0952. The van der Waals surface area contributed by atoms with Crippen LogP contribution in [-0.2, 0) is 16.1 Å². The third-order valence-electron chi connectivity index (χ3n) is 4.21. The predicted molar refractivity (Wildman–Crippen MR) is 111 cm³/mol. The van der Waals surface area contributed by atoms with Gasteiger partial charge < -0.3 is 9.67 Å². The molecule has 0 aliphatic carbocycles. The number of amides is 1. The second kappa shape index (κ2) is 8.11. The van der Waals surface area contributed by atoms with E-state index in [2.05, 4.69) is 16.1 Å². The van der Waals surface area contributed by atoms with Crippen molar-refractivity contribution in [1.82, 2.24) is 4.57 Å². The molecule has 0 saturated heterocycles. The summed E-state index contributed by atoms with van der Waals surface area (Å²) in [5.41, 5.74) is 2.90. The zero-order valence-electron chi connectivity index (χ0n) is 15.0. The summed E-state index contributed by atoms with van der Waals surface area (Å²) in [5, 5.41) is 19.4. The third kappa shape index (κ3) is 3.97. The molecule has 1 N–H and O–H groups in total. The largest absolute Gasteiger partial charge is 0.480 e. The molecule has 0 bridgehead atoms. The van der Waals surface area contributed by atoms with Gasteiger partial charge in [-0.1, -0.05) is 35.9 Å². The smallest absolute Gasteiger partial charge is 0.323 e. The fourth-order valence-electron chi connectivity index (χ4n) is 2.86. The first-order valence-electron chi connectivity index (χ1n) is 8.39. The summed E-state index contributed by atoms with van der Waals surface area (Å²) in [5.74, 6) is -1.49. The van der Waals surface area contributed by atoms with Crippen molar-refractivity contribution in [3.63, 3.8) is 0 Å². The third-order valence-corrected chi connectivity index (χ3v) is 4.95. The monoisotopic (exact) mass is 437 g/mol. The average molecular weight is 438 g/mol. The van der Waals surface area contributed by atoms with E-state index in [1.807, 2.05) is 43.3 Å². The Labute approximate surface area is 170 Å². The molecule has 0 aliphatic rings. The number of hydrogen-bond acceptors (Lipinski definition) is 3. The van der Waals surface area contributed by atoms with Gasteiger partial charge in [0.05, 0.1) is 21.8 Å². The van der Waals surface area contributed by atoms with Gasteiger partial charge in [-0.2, -0.15) is 5.26 Å². The van der Waals surface area contributed by atoms with Crippen LogP contribution in [0.1, 0.15) is 11.1 Å². The molecule has 1 amide bonds. The number of benzene rings is 2. The molecule has 0 saturated carbocycles. The summed E-state index contributed by atoms with van der Waals surface area (Å²) in [6.07, 6.45) is 3.11. The number of carboxylic acid groups (broad SMARTS) is 1. The molecule has 28 heavy (non-hydrogen) atoms. The SMILES string of the molecule is Cc1ccc(N(Br)C(=O)C(C#N)=Cc2cn(CC(=O)O)c3ccccc23)cc1. The Morgan fingerprint density at radius 1 is 1.21 bits per heavy atom. The quantitative estimate of drug-likeness (QED) is 0.366. The van der Waals surface area contributed by atoms with Gasteiger partial charge >= 0.3 is 5.97 Å². The van der Waals surface area contributed by atoms with Crippen LogP contribution >= 0.6 is 16.1 Å². The van der Waals surface area contributed by atoms with Crippen molar-refractivity contribution in [2.75, 3.05) is 3.93 Å². The molecule has 0 atom stereocenters. The average Bonchev–Trinajstić information content (AvgIpc) is 3.02. The topological polar surface area (TPSA) is 86.3 Å². The predicted octanol–water partition coefficient (Wildman–Crippen LogP) is 4.28. The highest BCUT2D eigenvalue weighted by molar-refractivity contribution is 9.10. The van der Waals surface area contributed by atoms with Gasteiger partial charge in [-0.3, -0.25) is 9.59 Å². The van der Waals surface area contributed by atoms with Gasteiger partial charge in [0.2, 0.25) is 0 Å². The number of carbonyl (C=O) groups excluding carboxylic acids is 1. The van der Waals surface area contributed by atoms with Crippen LogP contribution in [0.15, 0.2) is 60.3 Å². The van der Waals surface area contributed by atoms with Crippen molar-refractivity contribution < 1.29 is 14.7 Å². The molecule has 140 valence electrons. The van der Waals surface area contributed by atoms with E-state index in [9.17, 15) is 14.9 Å². The van der Waals surface area contributed by atoms with Crippen molar-refractivity contribution in [3.05, 3.63) is 71.4 Å². The molecule has 0 unspecified atom stereocenters. The van der Waals surface area contributed by atoms with Crippen LogP contribution in [0.2, 0.25) is 0 Å². The molecule has 6 nitrogen and oxygen atoms in total. The first-order valence-corrected chi connectivity index (χ1v) is 9.10. The van der Waals surface area contributed by atoms with Crippen LogP contribution in [0, 0.1) is 18.3 Å². The first kappa shape index (κ1) is 19.4. The minimum atomic E-state index is -0.973. The van der Waals surface area contributed by atoms with Crippen LogP contribution < -0.4 is 3.93 Å². The van der Waals surface area contributed by atoms with Crippen molar-refractivity contribution >= 4 is 50.7 Å². The van der Waals surface area contributed by atoms with E-state index in [0.29, 0.717) is 11.3 Å². The zero-order valence-corrected chi connectivity index (χ0v) is 16.5. The maximum atomic E-state index is 12.8. The van der Waals surface area contributed by atoms with E-state index in [-0.39, 0.29) is 12.1 Å². The van der Waals surface area contributed by atoms with E-state index < -0.39 is 11.9 Å². The molecule has 7 heteroatoms. The summed E-state index contributed by atoms with van der Waals surface area (Å²) < 4.78 is 2.81. The van der Waals surface area contributed by atoms with Gasteiger partial charge in [0.15, 0.2) is 0 Å². The number of halogens is 1. The van der Waals surface area contributed by atoms with Crippen LogP contribution in [-0.4, -0.2) is 21.6 Å². The number of hydrogen-bond donors (Lipinski definition) is 1. The fourth-order valence-corrected chi connectivity index (χ4v) is 3.29. The molecule has 3 aromatic rings. The van der Waals surface area contributed by atoms with Crippen molar-refractivity contribution in [3.8, 4) is 6.07 Å². The van der Waals surface area contributed by atoms with E-state index in [1.54, 1.807) is 29.0 Å². The number of aliphatic carboxylic acids is 1. The van der Waals surface area contributed by atoms with E-state index >= 15 is 0 Å². The van der Waals surface area contributed by atoms with Gasteiger partial charge in [0.1, 0.15) is 18.2 Å². The van der Waals surface area contributed by atoms with Gasteiger partial charge in [-0.05, 0) is 31.2 Å². The molecular formula is C21H16BrN3O3. The van der Waals surface area contributed by atoms with Gasteiger partial charge in [0, 0.05) is 22.7 Å². The Kier molecular flexibility index (Phi) is 5.62. The summed E-state index contributed by atoms with van der Waals surface area (Å²) in [4.78, 5) is 23.9. The summed E-state index contributed by atoms with van der Waals surface area (Å²) in [6, 6.07) is 16.5. The van der Waals surface area contributed by atoms with Crippen molar-refractivity contribution in [2.24, 2.45) is 0 Å². The van der Waals surface area contributed by atoms with Gasteiger partial charge in [-0.25, -0.2) is 3.93 Å². The minimum Gasteiger partial charge on any atom is -0.480 e. The second-order valence-electron chi connectivity index (χ2n) is 6.21. The number of para-hydroxylation sites is 1. The molecule has 0 spiro atoms. The number of aryl methyl sites for hydroxylation is 1. The molecule has 1 heterocycles. The van der Waals surface area contributed by atoms with Crippen LogP contribution in [0.25, 0.3) is 17.0 Å². The molecule has 0 radical (unpaired) electrons. The second-order valence-corrected chi connectivity index (χ2v) is 6.92. The highest BCUT2D eigenvalue weighted by Crippen LogP contribution is 2.26. The lowest BCUT2D eigenvalue weighted by Gasteiger charge is -2.14. The first-order chi connectivity index (χ1) is 13.4. The lowest BCUT2D eigenvalue weighted by molar-refractivity contribution is -0.137. The zero-order chi connectivity index (χ0) is 20.3. The van der Waals surface area contributed by atoms with Crippen LogP contribution in [0.4, 0.5) is 5.69 Å². The Morgan fingerprint density at radius 3 is 2.54 bits per heavy atom. The number of rotatable bonds is 5. The normalized spacial score (nSPS) is 11.2. The van der Waals surface area contributed by atoms with Crippen LogP contribution in [0.3, 0.4) is 0 Å². The lowest BCUT2D eigenvalue weighted by Crippen LogP contribution is -2.21. The Hall–Kier alpha value is -3.37. The standard InChI is InChI=1S/C21H16BrN3O3/c1-14-6-8-17(9-7-14)25(22)21(28)15(11-23)10-16-12-24(13-20(26)27)19-5-3-2-4-18(16)19/h2-10,12H,13H2,1H3,(H,26,27). The number of fused-ring (bicyclic) bond motifs is 1. The highest BCUT2D eigenvalue weighted by atomic mass is 79.9. The minimum absolute atomic E-state index is 0.0734. The highest BCUT2D eigenvalue weighted by Gasteiger charge is 2.19. The Morgan fingerprint density at radius 2 is 1.89 bits per heavy atom. The summed E-state index contributed by atoms with van der Waals surface area (Å²) in [6.45, 7) is 1.73. The summed E-state index contributed by atoms with van der Waals surface area (Å²) in [7, 11) is 0. The van der Waals surface area contributed by atoms with Gasteiger partial charge in [0.25, 0.3) is 5.91 Å².